The third-order valence-corrected chi connectivity index (χ3v) is 7.74. The van der Waals surface area contributed by atoms with Crippen LogP contribution >= 0.6 is 11.6 Å². The fraction of sp³-hybridized carbons (Fsp3) is 0.393. The van der Waals surface area contributed by atoms with E-state index in [-0.39, 0.29) is 5.91 Å². The largest absolute Gasteiger partial charge is 0.355 e. The fourth-order valence-electron chi connectivity index (χ4n) is 5.25. The minimum Gasteiger partial charge on any atom is -0.355 e. The number of nitrogens with zero attached hydrogens (tertiary/aromatic N) is 3. The lowest BCUT2D eigenvalue weighted by Crippen LogP contribution is -2.37. The molecule has 1 saturated carbocycles. The van der Waals surface area contributed by atoms with Crippen molar-refractivity contribution in [3.63, 3.8) is 0 Å². The van der Waals surface area contributed by atoms with Crippen molar-refractivity contribution in [2.75, 3.05) is 23.3 Å². The molecular formula is C28H31ClN4O. The number of carbonyl (C=O) groups excluding carboxylic acids is 1. The molecule has 2 fully saturated rings. The number of piperidine rings is 1. The third-order valence-electron chi connectivity index (χ3n) is 7.49. The molecule has 0 spiro atoms. The molecule has 5 rings (SSSR count). The number of rotatable bonds is 5. The first-order valence-corrected chi connectivity index (χ1v) is 12.7. The van der Waals surface area contributed by atoms with Gasteiger partial charge in [-0.05, 0) is 73.6 Å². The summed E-state index contributed by atoms with van der Waals surface area (Å²) in [6.07, 6.45) is 6.23. The summed E-state index contributed by atoms with van der Waals surface area (Å²) in [6.45, 7) is 4.39. The molecule has 176 valence electrons. The van der Waals surface area contributed by atoms with Crippen molar-refractivity contribution in [1.29, 1.82) is 0 Å². The standard InChI is InChI=1S/C28H31ClN4O/c1-20-14-18-33(19-15-20)26-13-12-25(31-32-26)21-4-10-24(11-5-21)30-27(34)28(16-2-3-17-28)22-6-8-23(29)9-7-22/h4-13,20H,2-3,14-19H2,1H3,(H,30,34). The lowest BCUT2D eigenvalue weighted by Gasteiger charge is -2.30. The van der Waals surface area contributed by atoms with E-state index < -0.39 is 5.41 Å². The summed E-state index contributed by atoms with van der Waals surface area (Å²) in [7, 11) is 0. The number of carbonyl (C=O) groups is 1. The van der Waals surface area contributed by atoms with Gasteiger partial charge in [0, 0.05) is 29.4 Å². The van der Waals surface area contributed by atoms with Gasteiger partial charge in [0.1, 0.15) is 0 Å². The molecule has 5 nitrogen and oxygen atoms in total. The Bertz CT molecular complexity index is 1110. The monoisotopic (exact) mass is 474 g/mol. The van der Waals surface area contributed by atoms with Crippen molar-refractivity contribution in [1.82, 2.24) is 10.2 Å². The molecule has 0 bridgehead atoms. The topological polar surface area (TPSA) is 58.1 Å². The molecule has 0 unspecified atom stereocenters. The summed E-state index contributed by atoms with van der Waals surface area (Å²) in [5.74, 6) is 1.79. The molecule has 0 atom stereocenters. The van der Waals surface area contributed by atoms with E-state index in [0.29, 0.717) is 5.02 Å². The molecule has 1 saturated heterocycles. The van der Waals surface area contributed by atoms with E-state index in [1.807, 2.05) is 54.6 Å². The molecule has 0 radical (unpaired) electrons. The van der Waals surface area contributed by atoms with Crippen molar-refractivity contribution in [3.8, 4) is 11.3 Å². The zero-order chi connectivity index (χ0) is 23.5. The van der Waals surface area contributed by atoms with Crippen LogP contribution in [-0.4, -0.2) is 29.2 Å². The molecule has 2 aliphatic rings. The van der Waals surface area contributed by atoms with Crippen molar-refractivity contribution in [3.05, 3.63) is 71.2 Å². The average molecular weight is 475 g/mol. The molecule has 2 heterocycles. The smallest absolute Gasteiger partial charge is 0.235 e. The summed E-state index contributed by atoms with van der Waals surface area (Å²) in [4.78, 5) is 15.7. The highest BCUT2D eigenvalue weighted by molar-refractivity contribution is 6.30. The van der Waals surface area contributed by atoms with E-state index in [4.69, 9.17) is 11.6 Å². The summed E-state index contributed by atoms with van der Waals surface area (Å²) in [6, 6.07) is 19.7. The van der Waals surface area contributed by atoms with Crippen molar-refractivity contribution < 1.29 is 4.79 Å². The number of nitrogens with one attached hydrogen (secondary N) is 1. The van der Waals surface area contributed by atoms with Crippen LogP contribution in [0.1, 0.15) is 51.0 Å². The van der Waals surface area contributed by atoms with E-state index in [0.717, 1.165) is 73.0 Å². The fourth-order valence-corrected chi connectivity index (χ4v) is 5.38. The van der Waals surface area contributed by atoms with Gasteiger partial charge in [0.05, 0.1) is 11.1 Å². The molecule has 1 N–H and O–H groups in total. The second-order valence-corrected chi connectivity index (χ2v) is 10.2. The third kappa shape index (κ3) is 4.67. The molecule has 2 aromatic carbocycles. The predicted molar refractivity (Wildman–Crippen MR) is 138 cm³/mol. The van der Waals surface area contributed by atoms with E-state index in [1.54, 1.807) is 0 Å². The molecule has 3 aromatic rings. The highest BCUT2D eigenvalue weighted by atomic mass is 35.5. The van der Waals surface area contributed by atoms with Crippen molar-refractivity contribution >= 4 is 29.0 Å². The molecule has 1 aliphatic carbocycles. The maximum absolute atomic E-state index is 13.4. The predicted octanol–water partition coefficient (Wildman–Crippen LogP) is 6.48. The van der Waals surface area contributed by atoms with Crippen molar-refractivity contribution in [2.24, 2.45) is 5.92 Å². The normalized spacial score (nSPS) is 18.1. The zero-order valence-corrected chi connectivity index (χ0v) is 20.4. The second-order valence-electron chi connectivity index (χ2n) is 9.77. The van der Waals surface area contributed by atoms with Gasteiger partial charge in [-0.1, -0.05) is 55.6 Å². The first kappa shape index (κ1) is 22.9. The summed E-state index contributed by atoms with van der Waals surface area (Å²) in [5.41, 5.74) is 3.16. The molecule has 34 heavy (non-hydrogen) atoms. The van der Waals surface area contributed by atoms with Crippen LogP contribution < -0.4 is 10.2 Å². The summed E-state index contributed by atoms with van der Waals surface area (Å²) < 4.78 is 0. The Morgan fingerprint density at radius 2 is 1.62 bits per heavy atom. The highest BCUT2D eigenvalue weighted by Crippen LogP contribution is 2.42. The Morgan fingerprint density at radius 3 is 2.24 bits per heavy atom. The van der Waals surface area contributed by atoms with Crippen LogP contribution in [-0.2, 0) is 10.2 Å². The zero-order valence-electron chi connectivity index (χ0n) is 19.6. The van der Waals surface area contributed by atoms with Crippen LogP contribution in [0.25, 0.3) is 11.3 Å². The molecular weight excluding hydrogens is 444 g/mol. The number of benzene rings is 2. The number of aromatic nitrogens is 2. The molecule has 1 amide bonds. The SMILES string of the molecule is CC1CCN(c2ccc(-c3ccc(NC(=O)C4(c5ccc(Cl)cc5)CCCC4)cc3)nn2)CC1. The lowest BCUT2D eigenvalue weighted by molar-refractivity contribution is -0.121. The first-order chi connectivity index (χ1) is 16.5. The van der Waals surface area contributed by atoms with Crippen molar-refractivity contribution in [2.45, 2.75) is 50.9 Å². The maximum atomic E-state index is 13.4. The van der Waals surface area contributed by atoms with Gasteiger partial charge in [-0.3, -0.25) is 4.79 Å². The number of anilines is 2. The Labute approximate surface area is 206 Å². The maximum Gasteiger partial charge on any atom is 0.235 e. The van der Waals surface area contributed by atoms with Gasteiger partial charge in [-0.25, -0.2) is 0 Å². The second kappa shape index (κ2) is 9.75. The minimum atomic E-state index is -0.489. The number of amides is 1. The van der Waals surface area contributed by atoms with Gasteiger partial charge >= 0.3 is 0 Å². The van der Waals surface area contributed by atoms with Crippen LogP contribution in [0, 0.1) is 5.92 Å². The average Bonchev–Trinajstić information content (AvgIpc) is 3.37. The Morgan fingerprint density at radius 1 is 0.941 bits per heavy atom. The van der Waals surface area contributed by atoms with E-state index in [1.165, 1.54) is 12.8 Å². The van der Waals surface area contributed by atoms with E-state index >= 15 is 0 Å². The number of halogens is 1. The van der Waals surface area contributed by atoms with Crippen LogP contribution in [0.4, 0.5) is 11.5 Å². The Kier molecular flexibility index (Phi) is 6.55. The van der Waals surface area contributed by atoms with Gasteiger partial charge in [-0.15, -0.1) is 10.2 Å². The van der Waals surface area contributed by atoms with Gasteiger partial charge in [0.15, 0.2) is 5.82 Å². The van der Waals surface area contributed by atoms with Crippen LogP contribution in [0.5, 0.6) is 0 Å². The molecule has 1 aromatic heterocycles. The first-order valence-electron chi connectivity index (χ1n) is 12.3. The summed E-state index contributed by atoms with van der Waals surface area (Å²) >= 11 is 6.08. The number of hydrogen-bond donors (Lipinski definition) is 1. The summed E-state index contributed by atoms with van der Waals surface area (Å²) in [5, 5.41) is 12.8. The van der Waals surface area contributed by atoms with E-state index in [2.05, 4.69) is 33.4 Å². The van der Waals surface area contributed by atoms with Crippen LogP contribution in [0.15, 0.2) is 60.7 Å². The van der Waals surface area contributed by atoms with Crippen LogP contribution in [0.3, 0.4) is 0 Å². The Hall–Kier alpha value is -2.92. The molecule has 6 heteroatoms. The highest BCUT2D eigenvalue weighted by Gasteiger charge is 2.42. The van der Waals surface area contributed by atoms with Gasteiger partial charge in [-0.2, -0.15) is 0 Å². The molecule has 1 aliphatic heterocycles. The quantitative estimate of drug-likeness (QED) is 0.459. The van der Waals surface area contributed by atoms with Gasteiger partial charge in [0.2, 0.25) is 5.91 Å². The van der Waals surface area contributed by atoms with Gasteiger partial charge < -0.3 is 10.2 Å². The lowest BCUT2D eigenvalue weighted by atomic mass is 9.78. The van der Waals surface area contributed by atoms with E-state index in [9.17, 15) is 4.79 Å². The van der Waals surface area contributed by atoms with Gasteiger partial charge in [0.25, 0.3) is 0 Å². The van der Waals surface area contributed by atoms with Crippen LogP contribution in [0.2, 0.25) is 5.02 Å². The Balaban J connectivity index is 1.27. The minimum absolute atomic E-state index is 0.0556. The number of hydrogen-bond acceptors (Lipinski definition) is 4.